The molecule has 4 nitrogen and oxygen atoms in total. The van der Waals surface area contributed by atoms with Crippen molar-refractivity contribution in [1.29, 1.82) is 0 Å². The monoisotopic (exact) mass is 538 g/mol. The topological polar surface area (TPSA) is 44.2 Å². The van der Waals surface area contributed by atoms with E-state index in [0.29, 0.717) is 11.6 Å². The Bertz CT molecular complexity index is 772. The second kappa shape index (κ2) is 8.56. The van der Waals surface area contributed by atoms with Crippen molar-refractivity contribution >= 4 is 74.9 Å². The van der Waals surface area contributed by atoms with Crippen LogP contribution in [0.5, 0.6) is 0 Å². The summed E-state index contributed by atoms with van der Waals surface area (Å²) in [7, 11) is 0. The first-order chi connectivity index (χ1) is 11.5. The molecular formula is C16H14Br3ClN2O2. The lowest BCUT2D eigenvalue weighted by molar-refractivity contribution is -0.150. The molecule has 2 atom stereocenters. The van der Waals surface area contributed by atoms with Gasteiger partial charge in [-0.15, -0.1) is 0 Å². The molecule has 0 amide bonds. The van der Waals surface area contributed by atoms with Gasteiger partial charge in [-0.2, -0.15) is 0 Å². The van der Waals surface area contributed by atoms with Crippen LogP contribution in [0, 0.1) is 0 Å². The molecule has 1 aromatic carbocycles. The van der Waals surface area contributed by atoms with E-state index >= 15 is 0 Å². The second-order valence-corrected chi connectivity index (χ2v) is 8.68. The summed E-state index contributed by atoms with van der Waals surface area (Å²) in [6.45, 7) is 1.11. The van der Waals surface area contributed by atoms with Gasteiger partial charge in [0.15, 0.2) is 6.29 Å². The zero-order valence-corrected chi connectivity index (χ0v) is 18.0. The van der Waals surface area contributed by atoms with Crippen molar-refractivity contribution in [2.75, 3.05) is 13.2 Å². The first-order valence-corrected chi connectivity index (χ1v) is 10.3. The molecule has 1 aromatic heterocycles. The quantitative estimate of drug-likeness (QED) is 0.469. The van der Waals surface area contributed by atoms with E-state index in [1.165, 1.54) is 0 Å². The Morgan fingerprint density at radius 3 is 2.96 bits per heavy atom. The third kappa shape index (κ3) is 4.56. The summed E-state index contributed by atoms with van der Waals surface area (Å²) in [5.74, 6) is 0. The normalized spacial score (nSPS) is 22.5. The van der Waals surface area contributed by atoms with Gasteiger partial charge in [0.25, 0.3) is 0 Å². The average Bonchev–Trinajstić information content (AvgIpc) is 2.59. The van der Waals surface area contributed by atoms with Crippen molar-refractivity contribution < 1.29 is 9.47 Å². The smallest absolute Gasteiger partial charge is 0.170 e. The van der Waals surface area contributed by atoms with Gasteiger partial charge in [0.2, 0.25) is 0 Å². The van der Waals surface area contributed by atoms with Crippen LogP contribution in [0.1, 0.15) is 18.5 Å². The van der Waals surface area contributed by atoms with E-state index in [-0.39, 0.29) is 11.1 Å². The van der Waals surface area contributed by atoms with E-state index < -0.39 is 0 Å². The van der Waals surface area contributed by atoms with Crippen LogP contribution in [0.4, 0.5) is 0 Å². The summed E-state index contributed by atoms with van der Waals surface area (Å²) in [5.41, 5.74) is 2.27. The van der Waals surface area contributed by atoms with Crippen LogP contribution in [0.25, 0.3) is 15.5 Å². The Labute approximate surface area is 170 Å². The number of hydrogen-bond donors (Lipinski definition) is 0. The highest BCUT2D eigenvalue weighted by molar-refractivity contribution is 9.16. The lowest BCUT2D eigenvalue weighted by Crippen LogP contribution is -2.32. The van der Waals surface area contributed by atoms with Gasteiger partial charge in [-0.05, 0) is 47.0 Å². The first kappa shape index (κ1) is 18.7. The van der Waals surface area contributed by atoms with Crippen LogP contribution >= 0.6 is 59.4 Å². The zero-order chi connectivity index (χ0) is 17.1. The number of ether oxygens (including phenoxy) is 2. The van der Waals surface area contributed by atoms with Crippen molar-refractivity contribution in [3.63, 3.8) is 0 Å². The van der Waals surface area contributed by atoms with Gasteiger partial charge >= 0.3 is 0 Å². The molecule has 1 saturated heterocycles. The van der Waals surface area contributed by atoms with Gasteiger partial charge in [0.1, 0.15) is 0 Å². The summed E-state index contributed by atoms with van der Waals surface area (Å²) in [4.78, 5) is 9.22. The Morgan fingerprint density at radius 1 is 1.33 bits per heavy atom. The van der Waals surface area contributed by atoms with Gasteiger partial charge in [0.05, 0.1) is 38.8 Å². The van der Waals surface area contributed by atoms with Crippen LogP contribution in [-0.2, 0) is 9.47 Å². The molecule has 3 rings (SSSR count). The maximum atomic E-state index is 5.97. The fraction of sp³-hybridized carbons (Fsp3) is 0.375. The maximum absolute atomic E-state index is 5.97. The Hall–Kier alpha value is -0.0500. The van der Waals surface area contributed by atoms with E-state index in [9.17, 15) is 0 Å². The number of fused-ring (bicyclic) bond motifs is 1. The molecular weight excluding hydrogens is 527 g/mol. The van der Waals surface area contributed by atoms with Gasteiger partial charge in [-0.1, -0.05) is 43.5 Å². The average molecular weight is 541 g/mol. The first-order valence-electron chi connectivity index (χ1n) is 7.38. The molecule has 0 aliphatic carbocycles. The van der Waals surface area contributed by atoms with E-state index in [1.807, 2.05) is 6.07 Å². The lowest BCUT2D eigenvalue weighted by atomic mass is 10.2. The van der Waals surface area contributed by atoms with Gasteiger partial charge in [0, 0.05) is 16.1 Å². The number of rotatable bonds is 4. The van der Waals surface area contributed by atoms with Crippen molar-refractivity contribution in [1.82, 2.24) is 9.97 Å². The minimum Gasteiger partial charge on any atom is -0.351 e. The molecule has 24 heavy (non-hydrogen) atoms. The summed E-state index contributed by atoms with van der Waals surface area (Å²) >= 11 is 16.7. The third-order valence-electron chi connectivity index (χ3n) is 3.54. The largest absolute Gasteiger partial charge is 0.351 e. The van der Waals surface area contributed by atoms with Crippen LogP contribution in [0.2, 0.25) is 5.02 Å². The van der Waals surface area contributed by atoms with E-state index in [2.05, 4.69) is 57.8 Å². The molecule has 0 N–H and O–H groups in total. The summed E-state index contributed by atoms with van der Waals surface area (Å²) in [6.07, 6.45) is 3.56. The van der Waals surface area contributed by atoms with E-state index in [1.54, 1.807) is 18.3 Å². The summed E-state index contributed by atoms with van der Waals surface area (Å²) in [6, 6.07) is 5.44. The fourth-order valence-electron chi connectivity index (χ4n) is 2.32. The summed E-state index contributed by atoms with van der Waals surface area (Å²) < 4.78 is 13.1. The predicted molar refractivity (Wildman–Crippen MR) is 107 cm³/mol. The molecule has 0 saturated carbocycles. The molecule has 128 valence electrons. The van der Waals surface area contributed by atoms with E-state index in [4.69, 9.17) is 21.1 Å². The molecule has 2 heterocycles. The van der Waals surface area contributed by atoms with E-state index in [0.717, 1.165) is 45.1 Å². The van der Waals surface area contributed by atoms with Gasteiger partial charge in [-0.3, -0.25) is 4.98 Å². The highest BCUT2D eigenvalue weighted by atomic mass is 79.9. The number of benzene rings is 1. The Kier molecular flexibility index (Phi) is 6.68. The molecule has 0 radical (unpaired) electrons. The number of hydrogen-bond acceptors (Lipinski definition) is 4. The lowest BCUT2D eigenvalue weighted by Gasteiger charge is -2.27. The highest BCUT2D eigenvalue weighted by Crippen LogP contribution is 2.30. The molecule has 0 bridgehead atoms. The molecule has 1 fully saturated rings. The van der Waals surface area contributed by atoms with Crippen molar-refractivity contribution in [3.8, 4) is 0 Å². The minimum atomic E-state index is -0.239. The van der Waals surface area contributed by atoms with Crippen LogP contribution in [0.15, 0.2) is 28.9 Å². The summed E-state index contributed by atoms with van der Waals surface area (Å²) in [5, 5.41) is 0.644. The van der Waals surface area contributed by atoms with Gasteiger partial charge < -0.3 is 9.47 Å². The van der Waals surface area contributed by atoms with Crippen LogP contribution in [0.3, 0.4) is 0 Å². The molecule has 0 spiro atoms. The number of halogens is 4. The Morgan fingerprint density at radius 2 is 2.17 bits per heavy atom. The van der Waals surface area contributed by atoms with Crippen LogP contribution in [-0.4, -0.2) is 34.3 Å². The van der Waals surface area contributed by atoms with Gasteiger partial charge in [-0.25, -0.2) is 4.98 Å². The number of nitrogens with zero attached hydrogens (tertiary/aromatic N) is 2. The van der Waals surface area contributed by atoms with Crippen LogP contribution < -0.4 is 0 Å². The molecule has 2 unspecified atom stereocenters. The van der Waals surface area contributed by atoms with Crippen molar-refractivity contribution in [3.05, 3.63) is 39.6 Å². The standard InChI is InChI=1S/C16H14Br3ClN2O2/c17-10-2-1-5-23-16(10)24-8-11(18)15(19)14-7-21-13-6-9(20)3-4-12(13)22-14/h3-4,6-7,10,16H,1-2,5,8H2/b15-11-. The third-order valence-corrected chi connectivity index (χ3v) is 6.71. The van der Waals surface area contributed by atoms with Crippen molar-refractivity contribution in [2.24, 2.45) is 0 Å². The zero-order valence-electron chi connectivity index (χ0n) is 12.5. The molecule has 1 aliphatic heterocycles. The number of alkyl halides is 1. The Balaban J connectivity index is 1.74. The second-order valence-electron chi connectivity index (χ2n) is 5.32. The van der Waals surface area contributed by atoms with Crippen molar-refractivity contribution in [2.45, 2.75) is 24.0 Å². The predicted octanol–water partition coefficient (Wildman–Crippen LogP) is 5.66. The molecule has 8 heteroatoms. The highest BCUT2D eigenvalue weighted by Gasteiger charge is 2.24. The number of aromatic nitrogens is 2. The maximum Gasteiger partial charge on any atom is 0.170 e. The molecule has 1 aliphatic rings. The SMILES string of the molecule is Clc1ccc2nc(/C(Br)=C(/Br)COC3OCCCC3Br)cnc2c1. The fourth-order valence-corrected chi connectivity index (χ4v) is 3.75. The molecule has 2 aromatic rings. The minimum absolute atomic E-state index is 0.218.